The zero-order valence-electron chi connectivity index (χ0n) is 12.9. The highest BCUT2D eigenvalue weighted by molar-refractivity contribution is 8.01. The Kier molecular flexibility index (Phi) is 3.87. The first kappa shape index (κ1) is 15.6. The molecule has 3 N–H and O–H groups in total. The number of fused-ring (bicyclic) bond motifs is 1. The van der Waals surface area contributed by atoms with E-state index in [1.165, 1.54) is 0 Å². The van der Waals surface area contributed by atoms with Crippen molar-refractivity contribution in [3.05, 3.63) is 0 Å². The molecule has 2 heterocycles. The number of hydrogen-bond donors (Lipinski definition) is 2. The number of hydrogen-bond acceptors (Lipinski definition) is 4. The van der Waals surface area contributed by atoms with Crippen molar-refractivity contribution in [1.29, 1.82) is 0 Å². The van der Waals surface area contributed by atoms with Gasteiger partial charge in [-0.15, -0.1) is 11.8 Å². The molecule has 3 aliphatic rings. The maximum absolute atomic E-state index is 12.7. The molecule has 3 amide bonds. The van der Waals surface area contributed by atoms with E-state index in [2.05, 4.69) is 5.32 Å². The second kappa shape index (κ2) is 5.44. The lowest BCUT2D eigenvalue weighted by Gasteiger charge is -2.37. The molecular formula is C15H23N3O3S. The van der Waals surface area contributed by atoms with Crippen molar-refractivity contribution in [1.82, 2.24) is 10.2 Å². The van der Waals surface area contributed by atoms with E-state index >= 15 is 0 Å². The second-order valence-electron chi connectivity index (χ2n) is 6.76. The molecule has 7 heteroatoms. The Bertz CT molecular complexity index is 518. The second-order valence-corrected chi connectivity index (χ2v) is 8.26. The molecule has 1 aliphatic carbocycles. The molecule has 2 saturated heterocycles. The predicted octanol–water partition coefficient (Wildman–Crippen LogP) is 0.745. The molecule has 0 aromatic carbocycles. The zero-order chi connectivity index (χ0) is 16.0. The van der Waals surface area contributed by atoms with Gasteiger partial charge in [-0.05, 0) is 26.2 Å². The molecule has 122 valence electrons. The number of nitrogens with zero attached hydrogens (tertiary/aromatic N) is 1. The molecule has 0 spiro atoms. The van der Waals surface area contributed by atoms with Crippen LogP contribution in [0.1, 0.15) is 51.9 Å². The lowest BCUT2D eigenvalue weighted by atomic mass is 9.81. The van der Waals surface area contributed by atoms with Gasteiger partial charge in [-0.3, -0.25) is 14.4 Å². The fraction of sp³-hybridized carbons (Fsp3) is 0.800. The van der Waals surface area contributed by atoms with E-state index in [9.17, 15) is 14.4 Å². The molecule has 22 heavy (non-hydrogen) atoms. The van der Waals surface area contributed by atoms with Crippen molar-refractivity contribution in [2.75, 3.05) is 5.75 Å². The predicted molar refractivity (Wildman–Crippen MR) is 83.9 cm³/mol. The number of nitrogens with one attached hydrogen (secondary N) is 1. The van der Waals surface area contributed by atoms with Crippen molar-refractivity contribution in [3.8, 4) is 0 Å². The van der Waals surface area contributed by atoms with Crippen LogP contribution in [-0.4, -0.2) is 44.8 Å². The largest absolute Gasteiger partial charge is 0.368 e. The normalized spacial score (nSPS) is 33.6. The molecular weight excluding hydrogens is 302 g/mol. The molecule has 6 nitrogen and oxygen atoms in total. The quantitative estimate of drug-likeness (QED) is 0.800. The maximum atomic E-state index is 12.7. The fourth-order valence-corrected chi connectivity index (χ4v) is 5.35. The summed E-state index contributed by atoms with van der Waals surface area (Å²) >= 11 is 1.65. The summed E-state index contributed by atoms with van der Waals surface area (Å²) < 4.78 is 0. The summed E-state index contributed by atoms with van der Waals surface area (Å²) in [4.78, 5) is 38.2. The summed E-state index contributed by atoms with van der Waals surface area (Å²) in [5.41, 5.74) is 4.64. The van der Waals surface area contributed by atoms with Crippen molar-refractivity contribution in [2.45, 2.75) is 68.3 Å². The topological polar surface area (TPSA) is 92.5 Å². The van der Waals surface area contributed by atoms with E-state index in [0.717, 1.165) is 25.7 Å². The molecule has 0 bridgehead atoms. The van der Waals surface area contributed by atoms with Crippen LogP contribution < -0.4 is 11.1 Å². The van der Waals surface area contributed by atoms with Gasteiger partial charge in [0, 0.05) is 12.2 Å². The highest BCUT2D eigenvalue weighted by atomic mass is 32.2. The summed E-state index contributed by atoms with van der Waals surface area (Å²) in [6.07, 6.45) is 5.31. The minimum absolute atomic E-state index is 0.0319. The highest BCUT2D eigenvalue weighted by Crippen LogP contribution is 2.47. The molecule has 2 aliphatic heterocycles. The number of carbonyl (C=O) groups excluding carboxylic acids is 3. The monoisotopic (exact) mass is 325 g/mol. The van der Waals surface area contributed by atoms with Crippen LogP contribution in [0.2, 0.25) is 0 Å². The molecule has 3 rings (SSSR count). The Morgan fingerprint density at radius 3 is 2.59 bits per heavy atom. The zero-order valence-corrected chi connectivity index (χ0v) is 13.7. The number of amides is 3. The number of rotatable bonds is 3. The highest BCUT2D eigenvalue weighted by Gasteiger charge is 2.54. The third kappa shape index (κ3) is 2.39. The van der Waals surface area contributed by atoms with Crippen molar-refractivity contribution >= 4 is 29.5 Å². The lowest BCUT2D eigenvalue weighted by Crippen LogP contribution is -2.62. The molecule has 1 saturated carbocycles. The molecule has 0 aromatic heterocycles. The Balaban J connectivity index is 1.76. The Morgan fingerprint density at radius 1 is 1.27 bits per heavy atom. The number of primary amides is 1. The van der Waals surface area contributed by atoms with Crippen LogP contribution in [0, 0.1) is 0 Å². The lowest BCUT2D eigenvalue weighted by molar-refractivity contribution is -0.141. The van der Waals surface area contributed by atoms with Crippen LogP contribution in [0.25, 0.3) is 0 Å². The van der Waals surface area contributed by atoms with Crippen LogP contribution in [-0.2, 0) is 14.4 Å². The molecule has 3 fully saturated rings. The SMILES string of the molecule is C[C@]12CCC(=O)N1[C@H](C(=O)NC1(C(N)=O)CCCCC1)CS2. The van der Waals surface area contributed by atoms with Gasteiger partial charge < -0.3 is 16.0 Å². The number of nitrogens with two attached hydrogens (primary N) is 1. The van der Waals surface area contributed by atoms with E-state index in [0.29, 0.717) is 25.0 Å². The van der Waals surface area contributed by atoms with Gasteiger partial charge in [0.1, 0.15) is 11.6 Å². The van der Waals surface area contributed by atoms with Gasteiger partial charge in [0.15, 0.2) is 0 Å². The third-order valence-electron chi connectivity index (χ3n) is 5.29. The average Bonchev–Trinajstić information content (AvgIpc) is 2.97. The van der Waals surface area contributed by atoms with E-state index < -0.39 is 17.5 Å². The minimum Gasteiger partial charge on any atom is -0.368 e. The summed E-state index contributed by atoms with van der Waals surface area (Å²) in [5, 5.41) is 2.90. The molecule has 0 aromatic rings. The molecule has 0 radical (unpaired) electrons. The van der Waals surface area contributed by atoms with Gasteiger partial charge in [0.25, 0.3) is 0 Å². The third-order valence-corrected chi connectivity index (χ3v) is 6.79. The van der Waals surface area contributed by atoms with Crippen LogP contribution >= 0.6 is 11.8 Å². The summed E-state index contributed by atoms with van der Waals surface area (Å²) in [5.74, 6) is -0.0681. The van der Waals surface area contributed by atoms with Crippen molar-refractivity contribution in [3.63, 3.8) is 0 Å². The molecule has 2 atom stereocenters. The Hall–Kier alpha value is -1.24. The van der Waals surface area contributed by atoms with Gasteiger partial charge >= 0.3 is 0 Å². The van der Waals surface area contributed by atoms with Crippen LogP contribution in [0.5, 0.6) is 0 Å². The van der Waals surface area contributed by atoms with E-state index in [1.54, 1.807) is 16.7 Å². The summed E-state index contributed by atoms with van der Waals surface area (Å²) in [6.45, 7) is 2.01. The van der Waals surface area contributed by atoms with Gasteiger partial charge in [-0.2, -0.15) is 0 Å². The van der Waals surface area contributed by atoms with Gasteiger partial charge in [0.2, 0.25) is 17.7 Å². The van der Waals surface area contributed by atoms with Crippen molar-refractivity contribution in [2.24, 2.45) is 5.73 Å². The first-order valence-corrected chi connectivity index (χ1v) is 8.95. The Morgan fingerprint density at radius 2 is 1.95 bits per heavy atom. The first-order valence-electron chi connectivity index (χ1n) is 7.96. The number of thioether (sulfide) groups is 1. The fourth-order valence-electron chi connectivity index (χ4n) is 3.92. The van der Waals surface area contributed by atoms with E-state index in [-0.39, 0.29) is 16.7 Å². The molecule has 0 unspecified atom stereocenters. The van der Waals surface area contributed by atoms with Gasteiger partial charge in [-0.1, -0.05) is 19.3 Å². The average molecular weight is 325 g/mol. The maximum Gasteiger partial charge on any atom is 0.244 e. The van der Waals surface area contributed by atoms with E-state index in [1.807, 2.05) is 6.92 Å². The number of carbonyl (C=O) groups is 3. The van der Waals surface area contributed by atoms with Crippen LogP contribution in [0.15, 0.2) is 0 Å². The Labute approximate surface area is 134 Å². The smallest absolute Gasteiger partial charge is 0.244 e. The van der Waals surface area contributed by atoms with Crippen LogP contribution in [0.3, 0.4) is 0 Å². The standard InChI is InChI=1S/C15H23N3O3S/c1-14-8-5-11(19)18(14)10(9-22-14)12(20)17-15(13(16)21)6-3-2-4-7-15/h10H,2-9H2,1H3,(H2,16,21)(H,17,20)/t10-,14-/m0/s1. The van der Waals surface area contributed by atoms with Gasteiger partial charge in [0.05, 0.1) is 4.87 Å². The van der Waals surface area contributed by atoms with Crippen molar-refractivity contribution < 1.29 is 14.4 Å². The summed E-state index contributed by atoms with van der Waals surface area (Å²) in [6, 6.07) is -0.483. The minimum atomic E-state index is -0.929. The van der Waals surface area contributed by atoms with E-state index in [4.69, 9.17) is 5.73 Å². The summed E-state index contributed by atoms with van der Waals surface area (Å²) in [7, 11) is 0. The van der Waals surface area contributed by atoms with Crippen LogP contribution in [0.4, 0.5) is 0 Å². The first-order chi connectivity index (χ1) is 10.4. The van der Waals surface area contributed by atoms with Gasteiger partial charge in [-0.25, -0.2) is 0 Å².